The van der Waals surface area contributed by atoms with E-state index in [1.807, 2.05) is 31.3 Å². The highest BCUT2D eigenvalue weighted by Gasteiger charge is 2.37. The molecule has 0 spiro atoms. The summed E-state index contributed by atoms with van der Waals surface area (Å²) in [5.74, 6) is 2.33. The lowest BCUT2D eigenvalue weighted by Crippen LogP contribution is -2.29. The van der Waals surface area contributed by atoms with Crippen LogP contribution in [0, 0.1) is 16.4 Å². The molecule has 0 radical (unpaired) electrons. The molecule has 1 heterocycles. The molecule has 0 saturated heterocycles. The lowest BCUT2D eigenvalue weighted by Gasteiger charge is -2.37. The van der Waals surface area contributed by atoms with Crippen molar-refractivity contribution in [1.82, 2.24) is 0 Å². The summed E-state index contributed by atoms with van der Waals surface area (Å²) in [7, 11) is 0. The number of nitrogens with zero attached hydrogens (tertiary/aromatic N) is 1. The molecule has 4 nitrogen and oxygen atoms in total. The minimum atomic E-state index is 0.267. The van der Waals surface area contributed by atoms with Gasteiger partial charge in [0, 0.05) is 33.4 Å². The lowest BCUT2D eigenvalue weighted by atomic mass is 9.76. The Balaban J connectivity index is 1.18. The van der Waals surface area contributed by atoms with E-state index >= 15 is 0 Å². The predicted octanol–water partition coefficient (Wildman–Crippen LogP) is 10.5. The maximum atomic E-state index is 6.34. The van der Waals surface area contributed by atoms with E-state index in [1.54, 1.807) is 12.1 Å². The van der Waals surface area contributed by atoms with Crippen molar-refractivity contribution < 1.29 is 9.47 Å². The van der Waals surface area contributed by atoms with E-state index in [0.717, 1.165) is 26.8 Å². The highest BCUT2D eigenvalue weighted by molar-refractivity contribution is 14.1. The van der Waals surface area contributed by atoms with Gasteiger partial charge < -0.3 is 14.8 Å². The molecule has 4 aromatic rings. The number of aryl methyl sites for hydroxylation is 1. The first-order chi connectivity index (χ1) is 20.4. The zero-order valence-corrected chi connectivity index (χ0v) is 27.1. The summed E-state index contributed by atoms with van der Waals surface area (Å²) in [6.07, 6.45) is 7.67. The van der Waals surface area contributed by atoms with Crippen LogP contribution >= 0.6 is 45.8 Å². The van der Waals surface area contributed by atoms with Gasteiger partial charge in [-0.2, -0.15) is 0 Å². The number of hydrogen-bond donors (Lipinski definition) is 1. The summed E-state index contributed by atoms with van der Waals surface area (Å²) in [6.45, 7) is 4.95. The number of aliphatic imine (C=N–C) groups is 1. The van der Waals surface area contributed by atoms with Gasteiger partial charge in [-0.15, -0.1) is 0 Å². The van der Waals surface area contributed by atoms with Gasteiger partial charge in [0.25, 0.3) is 0 Å². The average Bonchev–Trinajstić information content (AvgIpc) is 3.47. The minimum Gasteiger partial charge on any atom is -0.490 e. The standard InChI is InChI=1S/C35H31Cl2IN2O2/c1-3-41-33-17-22(16-31(38)35(33)42-20-24-8-11-25(36)18-30(24)37)19-39-26-12-9-23(10-13-26)34-28-6-4-5-27(28)29-15-21(2)7-14-32(29)40-34/h4-5,7-19,27-28,34,40H,3,6,20H2,1-2H3/t27-,28-,34+/m1/s1. The van der Waals surface area contributed by atoms with E-state index in [4.69, 9.17) is 37.7 Å². The van der Waals surface area contributed by atoms with Crippen LogP contribution in [0.3, 0.4) is 0 Å². The maximum absolute atomic E-state index is 6.34. The molecule has 0 unspecified atom stereocenters. The van der Waals surface area contributed by atoms with Gasteiger partial charge in [-0.25, -0.2) is 0 Å². The number of ether oxygens (including phenoxy) is 2. The molecular formula is C35H31Cl2IN2O2. The van der Waals surface area contributed by atoms with Crippen molar-refractivity contribution in [1.29, 1.82) is 0 Å². The smallest absolute Gasteiger partial charge is 0.175 e. The monoisotopic (exact) mass is 708 g/mol. The van der Waals surface area contributed by atoms with Crippen LogP contribution in [0.25, 0.3) is 0 Å². The van der Waals surface area contributed by atoms with Crippen LogP contribution in [0.1, 0.15) is 53.1 Å². The molecule has 1 aliphatic carbocycles. The number of rotatable bonds is 8. The summed E-state index contributed by atoms with van der Waals surface area (Å²) < 4.78 is 13.0. The van der Waals surface area contributed by atoms with Gasteiger partial charge in [-0.3, -0.25) is 4.99 Å². The zero-order chi connectivity index (χ0) is 29.2. The third kappa shape index (κ3) is 6.19. The Labute approximate surface area is 270 Å². The van der Waals surface area contributed by atoms with Crippen LogP contribution in [0.15, 0.2) is 89.9 Å². The van der Waals surface area contributed by atoms with Crippen molar-refractivity contribution in [3.8, 4) is 11.5 Å². The van der Waals surface area contributed by atoms with Gasteiger partial charge in [0.05, 0.1) is 21.9 Å². The Morgan fingerprint density at radius 1 is 1.00 bits per heavy atom. The summed E-state index contributed by atoms with van der Waals surface area (Å²) in [6, 6.07) is 25.0. The first kappa shape index (κ1) is 29.1. The second-order valence-corrected chi connectivity index (χ2v) is 12.7. The fourth-order valence-electron chi connectivity index (χ4n) is 5.81. The highest BCUT2D eigenvalue weighted by Crippen LogP contribution is 2.50. The topological polar surface area (TPSA) is 42.8 Å². The third-order valence-corrected chi connectivity index (χ3v) is 9.24. The highest BCUT2D eigenvalue weighted by atomic mass is 127. The molecule has 0 fully saturated rings. The first-order valence-corrected chi connectivity index (χ1v) is 15.9. The van der Waals surface area contributed by atoms with E-state index in [2.05, 4.69) is 89.4 Å². The normalized spacial score (nSPS) is 18.9. The van der Waals surface area contributed by atoms with Crippen LogP contribution in [-0.4, -0.2) is 12.8 Å². The summed E-state index contributed by atoms with van der Waals surface area (Å²) in [4.78, 5) is 4.77. The van der Waals surface area contributed by atoms with Gasteiger partial charge >= 0.3 is 0 Å². The van der Waals surface area contributed by atoms with E-state index in [1.165, 1.54) is 22.4 Å². The molecule has 2 aliphatic rings. The second kappa shape index (κ2) is 12.7. The van der Waals surface area contributed by atoms with E-state index in [0.29, 0.717) is 46.6 Å². The number of halogens is 3. The molecule has 7 heteroatoms. The Hall–Kier alpha value is -3.00. The summed E-state index contributed by atoms with van der Waals surface area (Å²) in [5.41, 5.74) is 7.94. The van der Waals surface area contributed by atoms with Gasteiger partial charge in [0.15, 0.2) is 11.5 Å². The number of fused-ring (bicyclic) bond motifs is 3. The van der Waals surface area contributed by atoms with Crippen LogP contribution in [0.2, 0.25) is 10.0 Å². The van der Waals surface area contributed by atoms with E-state index < -0.39 is 0 Å². The second-order valence-electron chi connectivity index (χ2n) is 10.7. The number of nitrogens with one attached hydrogen (secondary N) is 1. The zero-order valence-electron chi connectivity index (χ0n) is 23.4. The maximum Gasteiger partial charge on any atom is 0.175 e. The van der Waals surface area contributed by atoms with Crippen molar-refractivity contribution in [2.75, 3.05) is 11.9 Å². The van der Waals surface area contributed by atoms with Gasteiger partial charge in [0.2, 0.25) is 0 Å². The van der Waals surface area contributed by atoms with Crippen molar-refractivity contribution in [3.05, 3.63) is 126 Å². The molecule has 1 aliphatic heterocycles. The van der Waals surface area contributed by atoms with Gasteiger partial charge in [0.1, 0.15) is 6.61 Å². The molecule has 6 rings (SSSR count). The molecule has 3 atom stereocenters. The third-order valence-electron chi connectivity index (χ3n) is 7.85. The van der Waals surface area contributed by atoms with Crippen LogP contribution in [0.4, 0.5) is 11.4 Å². The number of allylic oxidation sites excluding steroid dienone is 2. The van der Waals surface area contributed by atoms with Crippen LogP contribution in [0.5, 0.6) is 11.5 Å². The summed E-state index contributed by atoms with van der Waals surface area (Å²) in [5, 5.41) is 5.00. The average molecular weight is 709 g/mol. The molecule has 0 bridgehead atoms. The molecule has 0 aromatic heterocycles. The van der Waals surface area contributed by atoms with Crippen molar-refractivity contribution in [2.45, 2.75) is 38.8 Å². The Kier molecular flexibility index (Phi) is 8.80. The number of hydrogen-bond acceptors (Lipinski definition) is 4. The van der Waals surface area contributed by atoms with Crippen molar-refractivity contribution in [3.63, 3.8) is 0 Å². The number of anilines is 1. The Bertz CT molecular complexity index is 1670. The molecule has 42 heavy (non-hydrogen) atoms. The quantitative estimate of drug-likeness (QED) is 0.113. The molecule has 214 valence electrons. The lowest BCUT2D eigenvalue weighted by molar-refractivity contribution is 0.267. The van der Waals surface area contributed by atoms with Gasteiger partial charge in [-0.05, 0) is 108 Å². The number of benzene rings is 4. The molecule has 0 amide bonds. The molecule has 4 aromatic carbocycles. The largest absolute Gasteiger partial charge is 0.490 e. The molecular weight excluding hydrogens is 678 g/mol. The predicted molar refractivity (Wildman–Crippen MR) is 182 cm³/mol. The van der Waals surface area contributed by atoms with Gasteiger partial charge in [-0.1, -0.05) is 71.2 Å². The van der Waals surface area contributed by atoms with Crippen molar-refractivity contribution >= 4 is 63.4 Å². The fraction of sp³-hybridized carbons (Fsp3) is 0.229. The summed E-state index contributed by atoms with van der Waals surface area (Å²) >= 11 is 14.7. The fourth-order valence-corrected chi connectivity index (χ4v) is 7.06. The van der Waals surface area contributed by atoms with E-state index in [-0.39, 0.29) is 6.04 Å². The molecule has 0 saturated carbocycles. The Morgan fingerprint density at radius 3 is 2.62 bits per heavy atom. The first-order valence-electron chi connectivity index (χ1n) is 14.1. The van der Waals surface area contributed by atoms with Crippen LogP contribution < -0.4 is 14.8 Å². The van der Waals surface area contributed by atoms with Crippen LogP contribution in [-0.2, 0) is 6.61 Å². The van der Waals surface area contributed by atoms with Crippen molar-refractivity contribution in [2.24, 2.45) is 10.9 Å². The van der Waals surface area contributed by atoms with E-state index in [9.17, 15) is 0 Å². The Morgan fingerprint density at radius 2 is 1.83 bits per heavy atom. The minimum absolute atomic E-state index is 0.267. The molecule has 1 N–H and O–H groups in total. The SMILES string of the molecule is CCOc1cc(C=Nc2ccc([C@@H]3Nc4ccc(C)cc4[C@@H]4C=CC[C@H]43)cc2)cc(I)c1OCc1ccc(Cl)cc1Cl.